The Morgan fingerprint density at radius 2 is 2.04 bits per heavy atom. The number of H-pyrrole nitrogens is 2. The first kappa shape index (κ1) is 20.0. The lowest BCUT2D eigenvalue weighted by Gasteiger charge is -2.24. The van der Waals surface area contributed by atoms with Gasteiger partial charge in [-0.05, 0) is 45.6 Å². The van der Waals surface area contributed by atoms with E-state index in [1.807, 2.05) is 46.1 Å². The largest absolute Gasteiger partial charge is 0.364 e. The fourth-order valence-corrected chi connectivity index (χ4v) is 2.91. The van der Waals surface area contributed by atoms with E-state index in [9.17, 15) is 4.79 Å². The van der Waals surface area contributed by atoms with E-state index in [0.29, 0.717) is 13.1 Å². The summed E-state index contributed by atoms with van der Waals surface area (Å²) in [4.78, 5) is 31.7. The number of nitrogens with zero attached hydrogens (tertiary/aromatic N) is 4. The van der Waals surface area contributed by atoms with Crippen LogP contribution in [0.3, 0.4) is 0 Å². The number of aromatic amines is 2. The smallest absolute Gasteiger partial charge is 0.248 e. The van der Waals surface area contributed by atoms with Crippen LogP contribution in [0, 0.1) is 13.8 Å². The summed E-state index contributed by atoms with van der Waals surface area (Å²) >= 11 is 0. The molecule has 0 saturated carbocycles. The highest BCUT2D eigenvalue weighted by atomic mass is 16.5. The van der Waals surface area contributed by atoms with Crippen molar-refractivity contribution in [1.82, 2.24) is 29.7 Å². The highest BCUT2D eigenvalue weighted by Crippen LogP contribution is 2.14. The molecular formula is C20H28N6O2. The average molecular weight is 384 g/mol. The molecule has 1 aromatic carbocycles. The molecule has 3 rings (SSSR count). The van der Waals surface area contributed by atoms with Crippen LogP contribution in [-0.4, -0.2) is 69.4 Å². The number of benzene rings is 1. The first-order chi connectivity index (χ1) is 13.4. The summed E-state index contributed by atoms with van der Waals surface area (Å²) in [6, 6.07) is 6.05. The van der Waals surface area contributed by atoms with Crippen molar-refractivity contribution in [3.05, 3.63) is 47.3 Å². The summed E-state index contributed by atoms with van der Waals surface area (Å²) in [6.45, 7) is 6.13. The van der Waals surface area contributed by atoms with Crippen LogP contribution in [-0.2, 0) is 22.7 Å². The first-order valence-electron chi connectivity index (χ1n) is 9.36. The second-order valence-electron chi connectivity index (χ2n) is 7.29. The molecule has 0 aliphatic carbocycles. The van der Waals surface area contributed by atoms with Gasteiger partial charge in [0.05, 0.1) is 29.6 Å². The lowest BCUT2D eigenvalue weighted by molar-refractivity contribution is -0.137. The zero-order valence-corrected chi connectivity index (χ0v) is 17.0. The molecule has 0 unspecified atom stereocenters. The number of nitrogens with one attached hydrogen (secondary N) is 2. The molecular weight excluding hydrogens is 356 g/mol. The van der Waals surface area contributed by atoms with Gasteiger partial charge in [0, 0.05) is 18.8 Å². The van der Waals surface area contributed by atoms with Crippen LogP contribution in [0.25, 0.3) is 11.0 Å². The Bertz CT molecular complexity index is 930. The van der Waals surface area contributed by atoms with E-state index in [1.165, 1.54) is 5.56 Å². The third-order valence-electron chi connectivity index (χ3n) is 4.60. The van der Waals surface area contributed by atoms with Crippen LogP contribution < -0.4 is 0 Å². The summed E-state index contributed by atoms with van der Waals surface area (Å²) in [6.07, 6.45) is 1.65. The Balaban J connectivity index is 1.57. The van der Waals surface area contributed by atoms with Crippen LogP contribution >= 0.6 is 0 Å². The van der Waals surface area contributed by atoms with E-state index in [0.717, 1.165) is 34.8 Å². The second-order valence-corrected chi connectivity index (χ2v) is 7.29. The third-order valence-corrected chi connectivity index (χ3v) is 4.60. The van der Waals surface area contributed by atoms with E-state index >= 15 is 0 Å². The SMILES string of the molecule is Cc1ccc2nc(COCC(=O)N(CCN(C)C)Cc3nc[nH]c3C)[nH]c2c1. The van der Waals surface area contributed by atoms with Crippen LogP contribution in [0.2, 0.25) is 0 Å². The lowest BCUT2D eigenvalue weighted by Crippen LogP contribution is -2.38. The highest BCUT2D eigenvalue weighted by Gasteiger charge is 2.17. The lowest BCUT2D eigenvalue weighted by atomic mass is 10.2. The maximum atomic E-state index is 12.7. The Labute approximate surface area is 164 Å². The molecule has 2 aromatic heterocycles. The minimum atomic E-state index is -0.0591. The van der Waals surface area contributed by atoms with Crippen molar-refractivity contribution in [2.24, 2.45) is 0 Å². The number of hydrogen-bond acceptors (Lipinski definition) is 5. The van der Waals surface area contributed by atoms with Gasteiger partial charge in [-0.1, -0.05) is 6.07 Å². The number of hydrogen-bond donors (Lipinski definition) is 2. The fraction of sp³-hybridized carbons (Fsp3) is 0.450. The molecule has 0 aliphatic heterocycles. The Hall–Kier alpha value is -2.71. The predicted octanol–water partition coefficient (Wildman–Crippen LogP) is 2.01. The molecule has 1 amide bonds. The third kappa shape index (κ3) is 5.17. The highest BCUT2D eigenvalue weighted by molar-refractivity contribution is 5.77. The summed E-state index contributed by atoms with van der Waals surface area (Å²) in [5.74, 6) is 0.660. The zero-order chi connectivity index (χ0) is 20.1. The minimum Gasteiger partial charge on any atom is -0.364 e. The maximum Gasteiger partial charge on any atom is 0.248 e. The van der Waals surface area contributed by atoms with E-state index < -0.39 is 0 Å². The second kappa shape index (κ2) is 8.99. The summed E-state index contributed by atoms with van der Waals surface area (Å²) in [5, 5.41) is 0. The number of likely N-dealkylation sites (N-methyl/N-ethyl adjacent to an activating group) is 1. The molecule has 150 valence electrons. The van der Waals surface area contributed by atoms with Crippen LogP contribution in [0.1, 0.15) is 22.8 Å². The number of ether oxygens (including phenoxy) is 1. The van der Waals surface area contributed by atoms with Crippen molar-refractivity contribution in [1.29, 1.82) is 0 Å². The van der Waals surface area contributed by atoms with E-state index in [-0.39, 0.29) is 19.1 Å². The molecule has 2 heterocycles. The van der Waals surface area contributed by atoms with Gasteiger partial charge in [0.15, 0.2) is 0 Å². The number of fused-ring (bicyclic) bond motifs is 1. The number of carbonyl (C=O) groups is 1. The Morgan fingerprint density at radius 3 is 2.75 bits per heavy atom. The Kier molecular flexibility index (Phi) is 6.43. The van der Waals surface area contributed by atoms with Crippen molar-refractivity contribution in [3.63, 3.8) is 0 Å². The van der Waals surface area contributed by atoms with Gasteiger partial charge in [0.25, 0.3) is 0 Å². The van der Waals surface area contributed by atoms with Crippen molar-refractivity contribution < 1.29 is 9.53 Å². The number of amides is 1. The number of imidazole rings is 2. The van der Waals surface area contributed by atoms with Gasteiger partial charge in [-0.15, -0.1) is 0 Å². The molecule has 0 spiro atoms. The monoisotopic (exact) mass is 384 g/mol. The minimum absolute atomic E-state index is 0.00692. The van der Waals surface area contributed by atoms with E-state index in [2.05, 4.69) is 24.8 Å². The topological polar surface area (TPSA) is 90.1 Å². The number of rotatable bonds is 9. The van der Waals surface area contributed by atoms with Crippen LogP contribution in [0.4, 0.5) is 0 Å². The van der Waals surface area contributed by atoms with Crippen molar-refractivity contribution in [3.8, 4) is 0 Å². The van der Waals surface area contributed by atoms with Gasteiger partial charge in [-0.25, -0.2) is 9.97 Å². The predicted molar refractivity (Wildman–Crippen MR) is 108 cm³/mol. The molecule has 0 fully saturated rings. The van der Waals surface area contributed by atoms with Crippen LogP contribution in [0.15, 0.2) is 24.5 Å². The van der Waals surface area contributed by atoms with Gasteiger partial charge in [0.2, 0.25) is 5.91 Å². The number of carbonyl (C=O) groups excluding carboxylic acids is 1. The van der Waals surface area contributed by atoms with Crippen molar-refractivity contribution in [2.75, 3.05) is 33.8 Å². The quantitative estimate of drug-likeness (QED) is 0.589. The molecule has 0 radical (unpaired) electrons. The molecule has 8 nitrogen and oxygen atoms in total. The van der Waals surface area contributed by atoms with E-state index in [4.69, 9.17) is 4.74 Å². The van der Waals surface area contributed by atoms with Gasteiger partial charge in [-0.2, -0.15) is 0 Å². The molecule has 0 atom stereocenters. The zero-order valence-electron chi connectivity index (χ0n) is 17.0. The molecule has 0 aliphatic rings. The van der Waals surface area contributed by atoms with Crippen molar-refractivity contribution >= 4 is 16.9 Å². The van der Waals surface area contributed by atoms with Gasteiger partial charge < -0.3 is 24.5 Å². The molecule has 0 saturated heterocycles. The van der Waals surface area contributed by atoms with Gasteiger partial charge in [-0.3, -0.25) is 4.79 Å². The normalized spacial score (nSPS) is 11.5. The molecule has 0 bridgehead atoms. The maximum absolute atomic E-state index is 12.7. The first-order valence-corrected chi connectivity index (χ1v) is 9.36. The molecule has 3 aromatic rings. The van der Waals surface area contributed by atoms with Crippen LogP contribution in [0.5, 0.6) is 0 Å². The summed E-state index contributed by atoms with van der Waals surface area (Å²) < 4.78 is 5.65. The number of aryl methyl sites for hydroxylation is 2. The van der Waals surface area contributed by atoms with Gasteiger partial charge >= 0.3 is 0 Å². The molecule has 28 heavy (non-hydrogen) atoms. The fourth-order valence-electron chi connectivity index (χ4n) is 2.91. The standard InChI is InChI=1S/C20H28N6O2/c1-14-5-6-16-17(9-14)24-19(23-16)11-28-12-20(27)26(8-7-25(3)4)10-18-15(2)21-13-22-18/h5-6,9,13H,7-8,10-12H2,1-4H3,(H,21,22)(H,23,24). The Morgan fingerprint density at radius 1 is 1.21 bits per heavy atom. The molecule has 2 N–H and O–H groups in total. The average Bonchev–Trinajstić information content (AvgIpc) is 3.23. The summed E-state index contributed by atoms with van der Waals surface area (Å²) in [7, 11) is 3.98. The summed E-state index contributed by atoms with van der Waals surface area (Å²) in [5.41, 5.74) is 4.90. The van der Waals surface area contributed by atoms with Crippen molar-refractivity contribution in [2.45, 2.75) is 27.0 Å². The number of aromatic nitrogens is 4. The van der Waals surface area contributed by atoms with E-state index in [1.54, 1.807) is 11.2 Å². The van der Waals surface area contributed by atoms with Gasteiger partial charge in [0.1, 0.15) is 19.0 Å². The molecule has 8 heteroatoms.